The van der Waals surface area contributed by atoms with E-state index >= 15 is 0 Å². The third-order valence-corrected chi connectivity index (χ3v) is 5.33. The van der Waals surface area contributed by atoms with E-state index in [1.807, 2.05) is 0 Å². The first-order chi connectivity index (χ1) is 16.9. The van der Waals surface area contributed by atoms with Crippen LogP contribution < -0.4 is 16.0 Å². The van der Waals surface area contributed by atoms with E-state index in [9.17, 15) is 18.7 Å². The Bertz CT molecular complexity index is 1400. The smallest absolute Gasteiger partial charge is 0.277 e. The number of aliphatic imine (C=N–C) groups is 1. The maximum absolute atomic E-state index is 13.9. The van der Waals surface area contributed by atoms with Gasteiger partial charge in [-0.15, -0.1) is 0 Å². The lowest BCUT2D eigenvalue weighted by atomic mass is 10.0. The number of ether oxygens (including phenoxy) is 1. The van der Waals surface area contributed by atoms with Gasteiger partial charge >= 0.3 is 0 Å². The van der Waals surface area contributed by atoms with Crippen LogP contribution in [0.1, 0.15) is 37.2 Å². The number of nitrogens with two attached hydrogens (primary N) is 1. The van der Waals surface area contributed by atoms with Gasteiger partial charge in [-0.1, -0.05) is 11.6 Å². The second-order valence-corrected chi connectivity index (χ2v) is 9.19. The highest BCUT2D eigenvalue weighted by molar-refractivity contribution is 6.31. The third-order valence-electron chi connectivity index (χ3n) is 4.98. The lowest BCUT2D eigenvalue weighted by Crippen LogP contribution is -2.22. The molecule has 0 aliphatic carbocycles. The molecule has 0 bridgehead atoms. The van der Waals surface area contributed by atoms with Crippen molar-refractivity contribution in [3.63, 3.8) is 0 Å². The molecule has 11 heteroatoms. The van der Waals surface area contributed by atoms with Gasteiger partial charge in [0.1, 0.15) is 28.9 Å². The van der Waals surface area contributed by atoms with Crippen LogP contribution in [0.5, 0.6) is 5.75 Å². The average Bonchev–Trinajstić information content (AvgIpc) is 2.77. The number of halogens is 3. The van der Waals surface area contributed by atoms with Crippen molar-refractivity contribution in [3.05, 3.63) is 86.3 Å². The van der Waals surface area contributed by atoms with Gasteiger partial charge in [0, 0.05) is 48.4 Å². The van der Waals surface area contributed by atoms with Crippen molar-refractivity contribution in [2.75, 3.05) is 0 Å². The first-order valence-electron chi connectivity index (χ1n) is 10.9. The van der Waals surface area contributed by atoms with Gasteiger partial charge < -0.3 is 15.6 Å². The predicted molar refractivity (Wildman–Crippen MR) is 134 cm³/mol. The summed E-state index contributed by atoms with van der Waals surface area (Å²) in [4.78, 5) is 25.3. The number of hydrogen-bond donors (Lipinski definition) is 2. The molecule has 3 rings (SSSR count). The molecule has 0 aromatic carbocycles. The lowest BCUT2D eigenvalue weighted by Gasteiger charge is -2.16. The van der Waals surface area contributed by atoms with Crippen molar-refractivity contribution in [1.29, 1.82) is 0 Å². The number of aryl methyl sites for hydroxylation is 2. The molecule has 3 aromatic heterocycles. The minimum atomic E-state index is -0.943. The third kappa shape index (κ3) is 6.73. The molecule has 0 saturated carbocycles. The summed E-state index contributed by atoms with van der Waals surface area (Å²) in [5.41, 5.74) is 6.40. The Morgan fingerprint density at radius 3 is 2.64 bits per heavy atom. The van der Waals surface area contributed by atoms with Gasteiger partial charge in [-0.2, -0.15) is 0 Å². The number of hydrogen-bond acceptors (Lipinski definition) is 7. The molecule has 0 fully saturated rings. The monoisotopic (exact) mass is 517 g/mol. The maximum Gasteiger partial charge on any atom is 0.277 e. The highest BCUT2D eigenvalue weighted by Gasteiger charge is 2.17. The summed E-state index contributed by atoms with van der Waals surface area (Å²) in [6, 6.07) is 3.85. The molecule has 0 spiro atoms. The van der Waals surface area contributed by atoms with Crippen molar-refractivity contribution in [2.45, 2.75) is 46.3 Å². The summed E-state index contributed by atoms with van der Waals surface area (Å²) >= 11 is 6.29. The van der Waals surface area contributed by atoms with Gasteiger partial charge in [0.2, 0.25) is 0 Å². The molecule has 0 unspecified atom stereocenters. The Kier molecular flexibility index (Phi) is 8.21. The molecular formula is C25H26ClF2N5O3. The van der Waals surface area contributed by atoms with E-state index < -0.39 is 22.8 Å². The number of rotatable bonds is 8. The van der Waals surface area contributed by atoms with Crippen LogP contribution in [0.2, 0.25) is 5.02 Å². The SMILES string of the molecule is Cc1cnc(N=CC=C(N)CC(C)(C)O)cc1-n1c(C)cc(OCc2ncc(F)cc2F)c(Cl)c1=O. The molecule has 3 N–H and O–H groups in total. The Balaban J connectivity index is 1.89. The van der Waals surface area contributed by atoms with Crippen LogP contribution in [0.25, 0.3) is 5.69 Å². The van der Waals surface area contributed by atoms with E-state index in [1.165, 1.54) is 16.8 Å². The van der Waals surface area contributed by atoms with E-state index in [-0.39, 0.29) is 29.5 Å². The number of nitrogens with zero attached hydrogens (tertiary/aromatic N) is 4. The number of allylic oxidation sites excluding steroid dienone is 1. The zero-order chi connectivity index (χ0) is 26.6. The fraction of sp³-hybridized carbons (Fsp3) is 0.280. The summed E-state index contributed by atoms with van der Waals surface area (Å²) in [6.45, 7) is 6.43. The number of aromatic nitrogens is 3. The fourth-order valence-electron chi connectivity index (χ4n) is 3.36. The zero-order valence-electron chi connectivity index (χ0n) is 20.2. The highest BCUT2D eigenvalue weighted by Crippen LogP contribution is 2.26. The van der Waals surface area contributed by atoms with Crippen molar-refractivity contribution in [2.24, 2.45) is 10.7 Å². The molecule has 0 aliphatic heterocycles. The molecule has 0 radical (unpaired) electrons. The van der Waals surface area contributed by atoms with Crippen LogP contribution in [0.4, 0.5) is 14.6 Å². The molecule has 3 aromatic rings. The Labute approximate surface area is 211 Å². The van der Waals surface area contributed by atoms with E-state index in [0.717, 1.165) is 6.20 Å². The summed E-state index contributed by atoms with van der Waals surface area (Å²) in [5, 5.41) is 9.63. The first kappa shape index (κ1) is 27.0. The van der Waals surface area contributed by atoms with Crippen LogP contribution in [-0.2, 0) is 6.61 Å². The average molecular weight is 518 g/mol. The van der Waals surface area contributed by atoms with Gasteiger partial charge in [-0.05, 0) is 39.3 Å². The van der Waals surface area contributed by atoms with Gasteiger partial charge in [0.05, 0.1) is 17.5 Å². The van der Waals surface area contributed by atoms with Crippen molar-refractivity contribution in [1.82, 2.24) is 14.5 Å². The van der Waals surface area contributed by atoms with E-state index in [1.54, 1.807) is 46.0 Å². The van der Waals surface area contributed by atoms with E-state index in [2.05, 4.69) is 15.0 Å². The molecule has 0 aliphatic rings. The fourth-order valence-corrected chi connectivity index (χ4v) is 3.56. The molecule has 190 valence electrons. The number of pyridine rings is 3. The number of aliphatic hydroxyl groups is 1. The quantitative estimate of drug-likeness (QED) is 0.426. The standard InChI is InChI=1S/C25H26ClF2N5O3/c1-14-11-32-22(30-6-5-17(29)10-25(3,4)35)9-20(14)33-15(2)7-21(23(26)24(33)34)36-13-19-18(28)8-16(27)12-31-19/h5-9,11-12,35H,10,13,29H2,1-4H3. The van der Waals surface area contributed by atoms with E-state index in [4.69, 9.17) is 22.1 Å². The van der Waals surface area contributed by atoms with Gasteiger partial charge in [-0.3, -0.25) is 14.3 Å². The second-order valence-electron chi connectivity index (χ2n) is 8.81. The van der Waals surface area contributed by atoms with Crippen LogP contribution in [0, 0.1) is 25.5 Å². The van der Waals surface area contributed by atoms with Crippen molar-refractivity contribution in [3.8, 4) is 11.4 Å². The topological polar surface area (TPSA) is 116 Å². The van der Waals surface area contributed by atoms with Crippen LogP contribution in [0.3, 0.4) is 0 Å². The van der Waals surface area contributed by atoms with Gasteiger partial charge in [0.15, 0.2) is 11.6 Å². The first-order valence-corrected chi connectivity index (χ1v) is 11.3. The minimum Gasteiger partial charge on any atom is -0.485 e. The maximum atomic E-state index is 13.9. The van der Waals surface area contributed by atoms with E-state index in [0.29, 0.717) is 34.5 Å². The molecule has 3 heterocycles. The van der Waals surface area contributed by atoms with Crippen LogP contribution in [-0.4, -0.2) is 31.5 Å². The van der Waals surface area contributed by atoms with Crippen LogP contribution >= 0.6 is 11.6 Å². The molecule has 36 heavy (non-hydrogen) atoms. The summed E-state index contributed by atoms with van der Waals surface area (Å²) < 4.78 is 33.8. The Morgan fingerprint density at radius 2 is 1.97 bits per heavy atom. The predicted octanol–water partition coefficient (Wildman–Crippen LogP) is 4.46. The normalized spacial score (nSPS) is 12.4. The summed E-state index contributed by atoms with van der Waals surface area (Å²) in [5.74, 6) is -1.31. The Morgan fingerprint density at radius 1 is 1.25 bits per heavy atom. The Hall–Kier alpha value is -3.63. The summed E-state index contributed by atoms with van der Waals surface area (Å²) in [7, 11) is 0. The lowest BCUT2D eigenvalue weighted by molar-refractivity contribution is 0.0807. The minimum absolute atomic E-state index is 0.0401. The molecule has 0 saturated heterocycles. The molecular weight excluding hydrogens is 492 g/mol. The largest absolute Gasteiger partial charge is 0.485 e. The molecule has 0 atom stereocenters. The van der Waals surface area contributed by atoms with Crippen molar-refractivity contribution >= 4 is 23.6 Å². The van der Waals surface area contributed by atoms with Gasteiger partial charge in [-0.25, -0.2) is 18.8 Å². The van der Waals surface area contributed by atoms with Crippen molar-refractivity contribution < 1.29 is 18.6 Å². The molecule has 0 amide bonds. The van der Waals surface area contributed by atoms with Gasteiger partial charge in [0.25, 0.3) is 5.56 Å². The zero-order valence-corrected chi connectivity index (χ0v) is 21.0. The van der Waals surface area contributed by atoms with Crippen LogP contribution in [0.15, 0.2) is 52.2 Å². The second kappa shape index (κ2) is 11.0. The summed E-state index contributed by atoms with van der Waals surface area (Å²) in [6.07, 6.45) is 5.75. The molecule has 8 nitrogen and oxygen atoms in total. The highest BCUT2D eigenvalue weighted by atomic mass is 35.5.